The van der Waals surface area contributed by atoms with Crippen LogP contribution in [0.25, 0.3) is 0 Å². The number of nitrogens with one attached hydrogen (secondary N) is 3. The summed E-state index contributed by atoms with van der Waals surface area (Å²) < 4.78 is 0. The summed E-state index contributed by atoms with van der Waals surface area (Å²) in [5.41, 5.74) is 10.3. The van der Waals surface area contributed by atoms with Gasteiger partial charge in [-0.1, -0.05) is 0 Å². The van der Waals surface area contributed by atoms with Gasteiger partial charge in [0, 0.05) is 12.8 Å². The molecule has 0 saturated heterocycles. The molecule has 0 heterocycles. The van der Waals surface area contributed by atoms with Crippen LogP contribution in [0.3, 0.4) is 0 Å². The summed E-state index contributed by atoms with van der Waals surface area (Å²) in [4.78, 5) is 69.1. The van der Waals surface area contributed by atoms with Crippen LogP contribution in [-0.4, -0.2) is 69.9 Å². The molecule has 0 rings (SSSR count). The first-order chi connectivity index (χ1) is 13.3. The summed E-state index contributed by atoms with van der Waals surface area (Å²) in [5, 5.41) is 24.7. The minimum Gasteiger partial charge on any atom is -0.481 e. The van der Waals surface area contributed by atoms with Crippen LogP contribution in [0.1, 0.15) is 39.5 Å². The summed E-state index contributed by atoms with van der Waals surface area (Å²) in [6.07, 6.45) is -1.40. The van der Waals surface area contributed by atoms with Crippen molar-refractivity contribution in [2.24, 2.45) is 11.5 Å². The minimum atomic E-state index is -1.46. The van der Waals surface area contributed by atoms with E-state index >= 15 is 0 Å². The van der Waals surface area contributed by atoms with Crippen molar-refractivity contribution >= 4 is 35.6 Å². The van der Waals surface area contributed by atoms with E-state index in [0.717, 1.165) is 0 Å². The van der Waals surface area contributed by atoms with Gasteiger partial charge in [0.15, 0.2) is 0 Å². The number of amides is 4. The van der Waals surface area contributed by atoms with Gasteiger partial charge >= 0.3 is 11.9 Å². The first kappa shape index (κ1) is 25.8. The van der Waals surface area contributed by atoms with E-state index in [0.29, 0.717) is 0 Å². The number of hydrogen-bond acceptors (Lipinski definition) is 7. The van der Waals surface area contributed by atoms with Crippen molar-refractivity contribution in [1.82, 2.24) is 16.0 Å². The number of nitrogens with two attached hydrogens (primary N) is 2. The smallest absolute Gasteiger partial charge is 0.326 e. The quantitative estimate of drug-likeness (QED) is 0.162. The van der Waals surface area contributed by atoms with Crippen molar-refractivity contribution in [3.05, 3.63) is 0 Å². The first-order valence-electron chi connectivity index (χ1n) is 8.74. The molecule has 9 N–H and O–H groups in total. The van der Waals surface area contributed by atoms with Gasteiger partial charge in [-0.15, -0.1) is 0 Å². The maximum Gasteiger partial charge on any atom is 0.326 e. The zero-order chi connectivity index (χ0) is 22.7. The monoisotopic (exact) mass is 417 g/mol. The third kappa shape index (κ3) is 10.6. The Bertz CT molecular complexity index is 651. The molecular weight excluding hydrogens is 390 g/mol. The first-order valence-corrected chi connectivity index (χ1v) is 8.74. The fourth-order valence-corrected chi connectivity index (χ4v) is 2.06. The lowest BCUT2D eigenvalue weighted by molar-refractivity contribution is -0.143. The van der Waals surface area contributed by atoms with Crippen LogP contribution < -0.4 is 27.4 Å². The minimum absolute atomic E-state index is 0.281. The molecule has 13 heteroatoms. The van der Waals surface area contributed by atoms with Crippen LogP contribution in [-0.2, 0) is 28.8 Å². The fourth-order valence-electron chi connectivity index (χ4n) is 2.06. The Kier molecular flexibility index (Phi) is 10.9. The zero-order valence-corrected chi connectivity index (χ0v) is 16.1. The molecule has 0 saturated carbocycles. The van der Waals surface area contributed by atoms with Crippen molar-refractivity contribution in [1.29, 1.82) is 0 Å². The Labute approximate surface area is 166 Å². The number of carbonyl (C=O) groups excluding carboxylic acids is 4. The molecular formula is C16H27N5O8. The molecule has 4 atom stereocenters. The van der Waals surface area contributed by atoms with Gasteiger partial charge in [0.2, 0.25) is 23.6 Å². The van der Waals surface area contributed by atoms with E-state index in [9.17, 15) is 28.8 Å². The van der Waals surface area contributed by atoms with Gasteiger partial charge in [0.25, 0.3) is 0 Å². The van der Waals surface area contributed by atoms with Gasteiger partial charge < -0.3 is 37.6 Å². The molecule has 0 radical (unpaired) electrons. The normalized spacial score (nSPS) is 14.6. The number of primary amides is 1. The highest BCUT2D eigenvalue weighted by molar-refractivity contribution is 5.94. The molecule has 29 heavy (non-hydrogen) atoms. The molecule has 164 valence electrons. The van der Waals surface area contributed by atoms with Crippen molar-refractivity contribution in [3.63, 3.8) is 0 Å². The number of rotatable bonds is 13. The zero-order valence-electron chi connectivity index (χ0n) is 16.1. The van der Waals surface area contributed by atoms with Gasteiger partial charge in [0.1, 0.15) is 18.1 Å². The number of carboxylic acid groups (broad SMARTS) is 2. The molecule has 0 aromatic rings. The lowest BCUT2D eigenvalue weighted by Crippen LogP contribution is -2.56. The second-order valence-corrected chi connectivity index (χ2v) is 6.42. The Morgan fingerprint density at radius 3 is 1.76 bits per heavy atom. The predicted octanol–water partition coefficient (Wildman–Crippen LogP) is -2.98. The van der Waals surface area contributed by atoms with Crippen LogP contribution in [0, 0.1) is 0 Å². The van der Waals surface area contributed by atoms with E-state index in [1.165, 1.54) is 13.8 Å². The van der Waals surface area contributed by atoms with Gasteiger partial charge in [-0.25, -0.2) is 4.79 Å². The Hall–Kier alpha value is -3.22. The predicted molar refractivity (Wildman–Crippen MR) is 98.0 cm³/mol. The second-order valence-electron chi connectivity index (χ2n) is 6.42. The molecule has 0 fully saturated rings. The third-order valence-corrected chi connectivity index (χ3v) is 3.74. The molecule has 0 aromatic heterocycles. The van der Waals surface area contributed by atoms with E-state index in [1.807, 2.05) is 0 Å². The van der Waals surface area contributed by atoms with Gasteiger partial charge in [-0.05, 0) is 26.7 Å². The Morgan fingerprint density at radius 2 is 1.31 bits per heavy atom. The molecule has 0 spiro atoms. The fraction of sp³-hybridized carbons (Fsp3) is 0.625. The molecule has 0 aliphatic carbocycles. The van der Waals surface area contributed by atoms with Crippen LogP contribution in [0.15, 0.2) is 0 Å². The van der Waals surface area contributed by atoms with E-state index in [1.54, 1.807) is 0 Å². The van der Waals surface area contributed by atoms with Gasteiger partial charge in [-0.3, -0.25) is 24.0 Å². The number of hydrogen-bond donors (Lipinski definition) is 7. The van der Waals surface area contributed by atoms with Crippen molar-refractivity contribution in [2.45, 2.75) is 63.7 Å². The highest BCUT2D eigenvalue weighted by Gasteiger charge is 2.29. The topological polar surface area (TPSA) is 231 Å². The summed E-state index contributed by atoms with van der Waals surface area (Å²) in [5.74, 6) is -5.80. The highest BCUT2D eigenvalue weighted by atomic mass is 16.4. The van der Waals surface area contributed by atoms with Gasteiger partial charge in [-0.2, -0.15) is 0 Å². The van der Waals surface area contributed by atoms with Crippen molar-refractivity contribution < 1.29 is 39.0 Å². The van der Waals surface area contributed by atoms with Crippen LogP contribution >= 0.6 is 0 Å². The standard InChI is InChI=1S/C16H27N5O8/c1-7(17)13(25)19-8(2)14(26)20-9(4-6-12(23)24)15(27)21-10(16(28)29)3-5-11(18)22/h7-10H,3-6,17H2,1-2H3,(H2,18,22)(H,19,25)(H,20,26)(H,21,27)(H,23,24)(H,28,29). The van der Waals surface area contributed by atoms with E-state index in [2.05, 4.69) is 16.0 Å². The molecule has 0 bridgehead atoms. The Balaban J connectivity index is 5.17. The van der Waals surface area contributed by atoms with Crippen molar-refractivity contribution in [3.8, 4) is 0 Å². The van der Waals surface area contributed by atoms with Gasteiger partial charge in [0.05, 0.1) is 6.04 Å². The third-order valence-electron chi connectivity index (χ3n) is 3.74. The highest BCUT2D eigenvalue weighted by Crippen LogP contribution is 2.03. The summed E-state index contributed by atoms with van der Waals surface area (Å²) >= 11 is 0. The van der Waals surface area contributed by atoms with Crippen LogP contribution in [0.4, 0.5) is 0 Å². The summed E-state index contributed by atoms with van der Waals surface area (Å²) in [6.45, 7) is 2.73. The summed E-state index contributed by atoms with van der Waals surface area (Å²) in [6, 6.07) is -4.81. The molecule has 0 aliphatic heterocycles. The Morgan fingerprint density at radius 1 is 0.793 bits per heavy atom. The molecule has 4 unspecified atom stereocenters. The van der Waals surface area contributed by atoms with Crippen molar-refractivity contribution in [2.75, 3.05) is 0 Å². The summed E-state index contributed by atoms with van der Waals surface area (Å²) in [7, 11) is 0. The largest absolute Gasteiger partial charge is 0.481 e. The number of carbonyl (C=O) groups is 6. The molecule has 4 amide bonds. The lowest BCUT2D eigenvalue weighted by atomic mass is 10.1. The molecule has 0 aromatic carbocycles. The molecule has 13 nitrogen and oxygen atoms in total. The molecule has 0 aliphatic rings. The number of aliphatic carboxylic acids is 2. The van der Waals surface area contributed by atoms with E-state index in [-0.39, 0.29) is 19.3 Å². The average Bonchev–Trinajstić information content (AvgIpc) is 2.60. The second kappa shape index (κ2) is 12.3. The maximum atomic E-state index is 12.4. The SMILES string of the molecule is CC(N)C(=O)NC(C)C(=O)NC(CCC(=O)O)C(=O)NC(CCC(N)=O)C(=O)O. The number of carboxylic acids is 2. The van der Waals surface area contributed by atoms with E-state index < -0.39 is 66.2 Å². The van der Waals surface area contributed by atoms with Crippen LogP contribution in [0.5, 0.6) is 0 Å². The van der Waals surface area contributed by atoms with E-state index in [4.69, 9.17) is 21.7 Å². The maximum absolute atomic E-state index is 12.4. The average molecular weight is 417 g/mol. The lowest BCUT2D eigenvalue weighted by Gasteiger charge is -2.23. The van der Waals surface area contributed by atoms with Crippen LogP contribution in [0.2, 0.25) is 0 Å².